The van der Waals surface area contributed by atoms with Crippen LogP contribution < -0.4 is 9.47 Å². The Hall–Kier alpha value is -3.87. The fraction of sp³-hybridized carbons (Fsp3) is 0.241. The van der Waals surface area contributed by atoms with Gasteiger partial charge in [-0.05, 0) is 61.6 Å². The number of carbonyl (C=O) groups excluding carboxylic acids is 1. The van der Waals surface area contributed by atoms with Crippen LogP contribution in [0.2, 0.25) is 0 Å². The number of Topliss-reactive ketones (excluding diaryl/α,β-unsaturated/α-hetero) is 1. The zero-order valence-electron chi connectivity index (χ0n) is 20.5. The average molecular weight is 494 g/mol. The number of alkyl halides is 3. The molecule has 0 amide bonds. The van der Waals surface area contributed by atoms with Gasteiger partial charge in [-0.2, -0.15) is 13.2 Å². The first-order valence-corrected chi connectivity index (χ1v) is 11.5. The molecule has 1 aromatic heterocycles. The highest BCUT2D eigenvalue weighted by molar-refractivity contribution is 6.10. The van der Waals surface area contributed by atoms with Gasteiger partial charge in [0.1, 0.15) is 0 Å². The van der Waals surface area contributed by atoms with Crippen LogP contribution in [0.15, 0.2) is 60.7 Å². The quantitative estimate of drug-likeness (QED) is 0.255. The standard InChI is InChI=1S/C29H26F3NO3/c1-17-27(18(2)34)28(23-15-25(35-3)26(36-4)16-24(23)33-17)22-8-6-5-7-20(22)12-9-19-10-13-21(14-11-19)29(30,31)32/h5-8,10-11,13-16H,9,12H2,1-4H3. The Bertz CT molecular complexity index is 1430. The van der Waals surface area contributed by atoms with Crippen LogP contribution in [0, 0.1) is 6.92 Å². The Labute approximate surface area is 207 Å². The third kappa shape index (κ3) is 4.91. The maximum absolute atomic E-state index is 12.9. The van der Waals surface area contributed by atoms with Crippen LogP contribution in [0.3, 0.4) is 0 Å². The van der Waals surface area contributed by atoms with Gasteiger partial charge in [0.2, 0.25) is 0 Å². The summed E-state index contributed by atoms with van der Waals surface area (Å²) in [5, 5.41) is 0.755. The second-order valence-electron chi connectivity index (χ2n) is 8.58. The number of pyridine rings is 1. The first-order chi connectivity index (χ1) is 17.1. The van der Waals surface area contributed by atoms with Crippen LogP contribution >= 0.6 is 0 Å². The molecule has 0 spiro atoms. The Morgan fingerprint density at radius 3 is 2.17 bits per heavy atom. The molecular weight excluding hydrogens is 467 g/mol. The Morgan fingerprint density at radius 1 is 0.917 bits per heavy atom. The molecule has 0 atom stereocenters. The molecule has 3 aromatic carbocycles. The van der Waals surface area contributed by atoms with Crippen molar-refractivity contribution >= 4 is 16.7 Å². The van der Waals surface area contributed by atoms with Crippen LogP contribution in [0.25, 0.3) is 22.0 Å². The van der Waals surface area contributed by atoms with Crippen molar-refractivity contribution in [2.24, 2.45) is 0 Å². The van der Waals surface area contributed by atoms with E-state index >= 15 is 0 Å². The van der Waals surface area contributed by atoms with Crippen LogP contribution in [0.1, 0.15) is 39.7 Å². The summed E-state index contributed by atoms with van der Waals surface area (Å²) in [7, 11) is 3.10. The van der Waals surface area contributed by atoms with Crippen molar-refractivity contribution in [1.82, 2.24) is 4.98 Å². The summed E-state index contributed by atoms with van der Waals surface area (Å²) in [4.78, 5) is 17.5. The number of hydrogen-bond donors (Lipinski definition) is 0. The number of fused-ring (bicyclic) bond motifs is 1. The molecule has 0 aliphatic heterocycles. The van der Waals surface area contributed by atoms with E-state index in [-0.39, 0.29) is 5.78 Å². The number of ketones is 1. The summed E-state index contributed by atoms with van der Waals surface area (Å²) in [6, 6.07) is 16.6. The van der Waals surface area contributed by atoms with Crippen molar-refractivity contribution in [1.29, 1.82) is 0 Å². The lowest BCUT2D eigenvalue weighted by molar-refractivity contribution is -0.137. The number of hydrogen-bond acceptors (Lipinski definition) is 4. The molecular formula is C29H26F3NO3. The van der Waals surface area contributed by atoms with Gasteiger partial charge in [0, 0.05) is 28.3 Å². The van der Waals surface area contributed by atoms with E-state index in [9.17, 15) is 18.0 Å². The molecule has 0 N–H and O–H groups in total. The fourth-order valence-electron chi connectivity index (χ4n) is 4.55. The number of halogens is 3. The van der Waals surface area contributed by atoms with E-state index in [0.29, 0.717) is 41.1 Å². The van der Waals surface area contributed by atoms with Crippen molar-refractivity contribution in [3.63, 3.8) is 0 Å². The molecule has 0 saturated carbocycles. The van der Waals surface area contributed by atoms with Crippen molar-refractivity contribution < 1.29 is 27.4 Å². The maximum Gasteiger partial charge on any atom is 0.416 e. The van der Waals surface area contributed by atoms with Gasteiger partial charge in [0.05, 0.1) is 25.3 Å². The molecule has 4 aromatic rings. The number of aromatic nitrogens is 1. The summed E-state index contributed by atoms with van der Waals surface area (Å²) in [6.45, 7) is 3.33. The fourth-order valence-corrected chi connectivity index (χ4v) is 4.55. The molecule has 0 saturated heterocycles. The van der Waals surface area contributed by atoms with Gasteiger partial charge in [-0.25, -0.2) is 0 Å². The minimum atomic E-state index is -4.36. The van der Waals surface area contributed by atoms with Crippen molar-refractivity contribution in [2.75, 3.05) is 14.2 Å². The molecule has 186 valence electrons. The summed E-state index contributed by atoms with van der Waals surface area (Å²) in [6.07, 6.45) is -3.24. The number of carbonyl (C=O) groups is 1. The summed E-state index contributed by atoms with van der Waals surface area (Å²) < 4.78 is 49.7. The molecule has 1 heterocycles. The molecule has 0 unspecified atom stereocenters. The third-order valence-electron chi connectivity index (χ3n) is 6.27. The van der Waals surface area contributed by atoms with Gasteiger partial charge in [-0.1, -0.05) is 36.4 Å². The van der Waals surface area contributed by atoms with Crippen molar-refractivity contribution in [2.45, 2.75) is 32.9 Å². The zero-order valence-corrected chi connectivity index (χ0v) is 20.5. The highest BCUT2D eigenvalue weighted by Crippen LogP contribution is 2.40. The van der Waals surface area contributed by atoms with Crippen molar-refractivity contribution in [3.8, 4) is 22.6 Å². The Morgan fingerprint density at radius 2 is 1.56 bits per heavy atom. The monoisotopic (exact) mass is 493 g/mol. The van der Waals surface area contributed by atoms with Gasteiger partial charge < -0.3 is 9.47 Å². The maximum atomic E-state index is 12.9. The lowest BCUT2D eigenvalue weighted by atomic mass is 9.88. The molecule has 7 heteroatoms. The molecule has 0 bridgehead atoms. The SMILES string of the molecule is COc1cc2nc(C)c(C(C)=O)c(-c3ccccc3CCc3ccc(C(F)(F)F)cc3)c2cc1OC. The second kappa shape index (κ2) is 10.0. The number of benzene rings is 3. The number of methoxy groups -OCH3 is 2. The van der Waals surface area contributed by atoms with Gasteiger partial charge in [-0.3, -0.25) is 9.78 Å². The summed E-state index contributed by atoms with van der Waals surface area (Å²) in [5.41, 5.74) is 4.54. The first-order valence-electron chi connectivity index (χ1n) is 11.5. The molecule has 0 fully saturated rings. The van der Waals surface area contributed by atoms with Gasteiger partial charge in [-0.15, -0.1) is 0 Å². The van der Waals surface area contributed by atoms with Crippen LogP contribution in [-0.2, 0) is 19.0 Å². The lowest BCUT2D eigenvalue weighted by Crippen LogP contribution is -2.06. The number of rotatable bonds is 7. The number of aryl methyl sites for hydroxylation is 3. The van der Waals surface area contributed by atoms with E-state index in [1.807, 2.05) is 30.3 Å². The molecule has 36 heavy (non-hydrogen) atoms. The largest absolute Gasteiger partial charge is 0.493 e. The second-order valence-corrected chi connectivity index (χ2v) is 8.58. The van der Waals surface area contributed by atoms with E-state index in [0.717, 1.165) is 39.8 Å². The van der Waals surface area contributed by atoms with Gasteiger partial charge >= 0.3 is 6.18 Å². The summed E-state index contributed by atoms with van der Waals surface area (Å²) >= 11 is 0. The minimum absolute atomic E-state index is 0.107. The molecule has 4 nitrogen and oxygen atoms in total. The number of nitrogens with zero attached hydrogens (tertiary/aromatic N) is 1. The zero-order chi connectivity index (χ0) is 26.0. The minimum Gasteiger partial charge on any atom is -0.493 e. The molecule has 0 aliphatic carbocycles. The topological polar surface area (TPSA) is 48.4 Å². The van der Waals surface area contributed by atoms with E-state index in [1.165, 1.54) is 19.1 Å². The predicted molar refractivity (Wildman–Crippen MR) is 134 cm³/mol. The highest BCUT2D eigenvalue weighted by atomic mass is 19.4. The van der Waals surface area contributed by atoms with Crippen molar-refractivity contribution in [3.05, 3.63) is 88.6 Å². The molecule has 0 aliphatic rings. The normalized spacial score (nSPS) is 11.5. The summed E-state index contributed by atoms with van der Waals surface area (Å²) in [5.74, 6) is 0.951. The van der Waals surface area contributed by atoms with Gasteiger partial charge in [0.25, 0.3) is 0 Å². The first kappa shape index (κ1) is 25.2. The lowest BCUT2D eigenvalue weighted by Gasteiger charge is -2.19. The Balaban J connectivity index is 1.83. The van der Waals surface area contributed by atoms with E-state index in [1.54, 1.807) is 27.2 Å². The predicted octanol–water partition coefficient (Wildman–Crippen LogP) is 7.23. The van der Waals surface area contributed by atoms with E-state index in [2.05, 4.69) is 4.98 Å². The van der Waals surface area contributed by atoms with E-state index in [4.69, 9.17) is 9.47 Å². The average Bonchev–Trinajstić information content (AvgIpc) is 2.85. The van der Waals surface area contributed by atoms with Crippen LogP contribution in [-0.4, -0.2) is 25.0 Å². The van der Waals surface area contributed by atoms with E-state index < -0.39 is 11.7 Å². The smallest absolute Gasteiger partial charge is 0.416 e. The van der Waals surface area contributed by atoms with Crippen LogP contribution in [0.5, 0.6) is 11.5 Å². The number of ether oxygens (including phenoxy) is 2. The third-order valence-corrected chi connectivity index (χ3v) is 6.27. The van der Waals surface area contributed by atoms with Gasteiger partial charge in [0.15, 0.2) is 17.3 Å². The Kier molecular flexibility index (Phi) is 7.02. The van der Waals surface area contributed by atoms with Crippen LogP contribution in [0.4, 0.5) is 13.2 Å². The molecule has 4 rings (SSSR count). The highest BCUT2D eigenvalue weighted by Gasteiger charge is 2.30. The molecule has 0 radical (unpaired) electrons.